The lowest BCUT2D eigenvalue weighted by Crippen LogP contribution is -2.28. The predicted molar refractivity (Wildman–Crippen MR) is 128 cm³/mol. The molecule has 4 N–H and O–H groups in total. The zero-order valence-electron chi connectivity index (χ0n) is 18.8. The number of nitrogens with zero attached hydrogens (tertiary/aromatic N) is 4. The SMILES string of the molecule is C=C1CN(Cc2nc(CCc3ccc(C)cc3)nc(NCc3ccc(CN)cc3)n2)C(=O)N1. The topological polar surface area (TPSA) is 109 Å². The molecule has 2 heterocycles. The Morgan fingerprint density at radius 2 is 1.64 bits per heavy atom. The van der Waals surface area contributed by atoms with Crippen molar-refractivity contribution in [2.75, 3.05) is 11.9 Å². The zero-order valence-corrected chi connectivity index (χ0v) is 18.8. The number of nitrogens with one attached hydrogen (secondary N) is 2. The van der Waals surface area contributed by atoms with E-state index in [1.165, 1.54) is 11.1 Å². The van der Waals surface area contributed by atoms with Gasteiger partial charge < -0.3 is 21.3 Å². The molecular formula is C25H29N7O. The Kier molecular flexibility index (Phi) is 6.95. The zero-order chi connectivity index (χ0) is 23.2. The summed E-state index contributed by atoms with van der Waals surface area (Å²) in [7, 11) is 0. The molecule has 33 heavy (non-hydrogen) atoms. The minimum atomic E-state index is -0.184. The molecule has 1 fully saturated rings. The average molecular weight is 444 g/mol. The van der Waals surface area contributed by atoms with E-state index in [-0.39, 0.29) is 6.03 Å². The fourth-order valence-corrected chi connectivity index (χ4v) is 3.59. The van der Waals surface area contributed by atoms with Crippen LogP contribution in [0.3, 0.4) is 0 Å². The van der Waals surface area contributed by atoms with E-state index >= 15 is 0 Å². The van der Waals surface area contributed by atoms with Crippen molar-refractivity contribution >= 4 is 12.0 Å². The molecule has 0 spiro atoms. The number of carbonyl (C=O) groups excluding carboxylic acids is 1. The first-order chi connectivity index (χ1) is 16.0. The lowest BCUT2D eigenvalue weighted by Gasteiger charge is -2.14. The highest BCUT2D eigenvalue weighted by atomic mass is 16.2. The summed E-state index contributed by atoms with van der Waals surface area (Å²) >= 11 is 0. The molecule has 2 aromatic carbocycles. The summed E-state index contributed by atoms with van der Waals surface area (Å²) in [5.74, 6) is 1.75. The summed E-state index contributed by atoms with van der Waals surface area (Å²) in [6, 6.07) is 16.4. The third kappa shape index (κ3) is 6.14. The summed E-state index contributed by atoms with van der Waals surface area (Å²) in [5.41, 5.74) is 11.0. The van der Waals surface area contributed by atoms with Gasteiger partial charge in [-0.2, -0.15) is 9.97 Å². The van der Waals surface area contributed by atoms with E-state index < -0.39 is 0 Å². The van der Waals surface area contributed by atoms with Gasteiger partial charge >= 0.3 is 6.03 Å². The van der Waals surface area contributed by atoms with Gasteiger partial charge in [-0.15, -0.1) is 0 Å². The first-order valence-electron chi connectivity index (χ1n) is 11.0. The van der Waals surface area contributed by atoms with Crippen molar-refractivity contribution in [3.05, 3.63) is 94.7 Å². The van der Waals surface area contributed by atoms with Crippen molar-refractivity contribution in [2.24, 2.45) is 5.73 Å². The molecule has 8 heteroatoms. The quantitative estimate of drug-likeness (QED) is 0.469. The van der Waals surface area contributed by atoms with Gasteiger partial charge in [0.15, 0.2) is 5.82 Å². The van der Waals surface area contributed by atoms with Gasteiger partial charge in [0, 0.05) is 25.2 Å². The number of hydrogen-bond acceptors (Lipinski definition) is 6. The van der Waals surface area contributed by atoms with E-state index in [9.17, 15) is 4.79 Å². The lowest BCUT2D eigenvalue weighted by atomic mass is 10.1. The Bertz CT molecular complexity index is 1130. The molecule has 2 amide bonds. The summed E-state index contributed by atoms with van der Waals surface area (Å²) in [6.45, 7) is 7.74. The third-order valence-electron chi connectivity index (χ3n) is 5.48. The maximum Gasteiger partial charge on any atom is 0.322 e. The van der Waals surface area contributed by atoms with E-state index in [1.54, 1.807) is 4.90 Å². The van der Waals surface area contributed by atoms with Gasteiger partial charge in [-0.3, -0.25) is 0 Å². The Labute approximate surface area is 194 Å². The summed E-state index contributed by atoms with van der Waals surface area (Å²) in [5, 5.41) is 6.02. The normalized spacial score (nSPS) is 13.3. The standard InChI is InChI=1S/C25H29N7O/c1-17-3-5-19(6-4-17)11-12-22-29-23(16-32-15-18(2)28-25(32)33)31-24(30-22)27-14-21-9-7-20(13-26)8-10-21/h3-10H,2,11-16,26H2,1H3,(H,28,33)(H,27,29,30,31). The molecule has 8 nitrogen and oxygen atoms in total. The molecule has 0 unspecified atom stereocenters. The number of hydrogen-bond donors (Lipinski definition) is 3. The number of amides is 2. The second-order valence-corrected chi connectivity index (χ2v) is 8.24. The summed E-state index contributed by atoms with van der Waals surface area (Å²) in [4.78, 5) is 27.6. The molecule has 0 bridgehead atoms. The van der Waals surface area contributed by atoms with Crippen LogP contribution in [0.1, 0.15) is 33.9 Å². The van der Waals surface area contributed by atoms with E-state index in [0.29, 0.717) is 55.9 Å². The van der Waals surface area contributed by atoms with Crippen LogP contribution < -0.4 is 16.4 Å². The Hall–Kier alpha value is -3.78. The van der Waals surface area contributed by atoms with Gasteiger partial charge in [-0.05, 0) is 30.0 Å². The fraction of sp³-hybridized carbons (Fsp3) is 0.280. The highest BCUT2D eigenvalue weighted by molar-refractivity contribution is 5.79. The van der Waals surface area contributed by atoms with Crippen LogP contribution in [0.2, 0.25) is 0 Å². The van der Waals surface area contributed by atoms with Crippen LogP contribution >= 0.6 is 0 Å². The molecule has 1 aliphatic heterocycles. The highest BCUT2D eigenvalue weighted by Crippen LogP contribution is 2.13. The largest absolute Gasteiger partial charge is 0.350 e. The van der Waals surface area contributed by atoms with Crippen LogP contribution in [0.15, 0.2) is 60.8 Å². The first kappa shape index (κ1) is 22.4. The van der Waals surface area contributed by atoms with Crippen LogP contribution in [0.5, 0.6) is 0 Å². The molecular weight excluding hydrogens is 414 g/mol. The Morgan fingerprint density at radius 3 is 2.30 bits per heavy atom. The molecule has 0 saturated carbocycles. The number of urea groups is 1. The van der Waals surface area contributed by atoms with Crippen molar-refractivity contribution in [1.29, 1.82) is 0 Å². The Morgan fingerprint density at radius 1 is 0.970 bits per heavy atom. The molecule has 0 radical (unpaired) electrons. The highest BCUT2D eigenvalue weighted by Gasteiger charge is 2.24. The van der Waals surface area contributed by atoms with Crippen LogP contribution in [0, 0.1) is 6.92 Å². The third-order valence-corrected chi connectivity index (χ3v) is 5.48. The van der Waals surface area contributed by atoms with Crippen molar-refractivity contribution < 1.29 is 4.79 Å². The number of anilines is 1. The molecule has 1 aliphatic rings. The van der Waals surface area contributed by atoms with E-state index in [4.69, 9.17) is 5.73 Å². The van der Waals surface area contributed by atoms with Gasteiger partial charge in [0.25, 0.3) is 0 Å². The van der Waals surface area contributed by atoms with Gasteiger partial charge in [0.1, 0.15) is 5.82 Å². The smallest absolute Gasteiger partial charge is 0.322 e. The number of aryl methyl sites for hydroxylation is 3. The molecule has 4 rings (SSSR count). The van der Waals surface area contributed by atoms with Crippen molar-refractivity contribution in [3.8, 4) is 0 Å². The molecule has 170 valence electrons. The van der Waals surface area contributed by atoms with E-state index in [2.05, 4.69) is 63.4 Å². The fourth-order valence-electron chi connectivity index (χ4n) is 3.59. The van der Waals surface area contributed by atoms with Gasteiger partial charge in [-0.25, -0.2) is 9.78 Å². The van der Waals surface area contributed by atoms with Gasteiger partial charge in [0.05, 0.1) is 13.1 Å². The molecule has 3 aromatic rings. The van der Waals surface area contributed by atoms with Gasteiger partial charge in [-0.1, -0.05) is 60.7 Å². The van der Waals surface area contributed by atoms with Crippen molar-refractivity contribution in [3.63, 3.8) is 0 Å². The molecule has 1 saturated heterocycles. The summed E-state index contributed by atoms with van der Waals surface area (Å²) in [6.07, 6.45) is 1.50. The predicted octanol–water partition coefficient (Wildman–Crippen LogP) is 3.07. The first-order valence-corrected chi connectivity index (χ1v) is 11.0. The minimum Gasteiger partial charge on any atom is -0.350 e. The number of rotatable bonds is 9. The Balaban J connectivity index is 1.50. The molecule has 1 aromatic heterocycles. The maximum atomic E-state index is 12.1. The minimum absolute atomic E-state index is 0.184. The second-order valence-electron chi connectivity index (χ2n) is 8.24. The number of aromatic nitrogens is 3. The van der Waals surface area contributed by atoms with Crippen LogP contribution in [0.4, 0.5) is 10.7 Å². The second kappa shape index (κ2) is 10.2. The monoisotopic (exact) mass is 443 g/mol. The maximum absolute atomic E-state index is 12.1. The molecule has 0 atom stereocenters. The van der Waals surface area contributed by atoms with E-state index in [1.807, 2.05) is 24.3 Å². The van der Waals surface area contributed by atoms with Crippen LogP contribution in [-0.4, -0.2) is 32.4 Å². The molecule has 0 aliphatic carbocycles. The van der Waals surface area contributed by atoms with Crippen molar-refractivity contribution in [1.82, 2.24) is 25.2 Å². The lowest BCUT2D eigenvalue weighted by molar-refractivity contribution is 0.214. The number of nitrogens with two attached hydrogens (primary N) is 1. The van der Waals surface area contributed by atoms with Crippen LogP contribution in [-0.2, 0) is 32.5 Å². The number of carbonyl (C=O) groups is 1. The number of benzene rings is 2. The van der Waals surface area contributed by atoms with Crippen molar-refractivity contribution in [2.45, 2.75) is 39.4 Å². The van der Waals surface area contributed by atoms with Crippen LogP contribution in [0.25, 0.3) is 0 Å². The van der Waals surface area contributed by atoms with Gasteiger partial charge in [0.2, 0.25) is 5.95 Å². The average Bonchev–Trinajstić information content (AvgIpc) is 3.14. The summed E-state index contributed by atoms with van der Waals surface area (Å²) < 4.78 is 0. The van der Waals surface area contributed by atoms with E-state index in [0.717, 1.165) is 17.5 Å².